The number of nitrogens with zero attached hydrogens (tertiary/aromatic N) is 3. The summed E-state index contributed by atoms with van der Waals surface area (Å²) in [5.74, 6) is -0.983. The number of rotatable bonds is 4. The summed E-state index contributed by atoms with van der Waals surface area (Å²) in [4.78, 5) is 7.16. The van der Waals surface area contributed by atoms with E-state index in [0.717, 1.165) is 24.4 Å². The van der Waals surface area contributed by atoms with Crippen LogP contribution in [0.15, 0.2) is 35.7 Å². The van der Waals surface area contributed by atoms with Gasteiger partial charge in [-0.2, -0.15) is 5.10 Å². The first-order valence-electron chi connectivity index (χ1n) is 5.67. The van der Waals surface area contributed by atoms with Gasteiger partial charge in [0.2, 0.25) is 0 Å². The zero-order valence-corrected chi connectivity index (χ0v) is 10.6. The van der Waals surface area contributed by atoms with Gasteiger partial charge in [0, 0.05) is 30.3 Å². The van der Waals surface area contributed by atoms with Gasteiger partial charge >= 0.3 is 0 Å². The Kier molecular flexibility index (Phi) is 3.20. The molecule has 4 nitrogen and oxygen atoms in total. The second-order valence-corrected chi connectivity index (χ2v) is 5.03. The highest BCUT2D eigenvalue weighted by atomic mass is 32.2. The minimum absolute atomic E-state index is 0.431. The molecule has 0 aliphatic carbocycles. The molecule has 0 fully saturated rings. The third-order valence-electron chi connectivity index (χ3n) is 2.62. The van der Waals surface area contributed by atoms with Gasteiger partial charge < -0.3 is 4.98 Å². The van der Waals surface area contributed by atoms with Crippen LogP contribution in [0, 0.1) is 11.6 Å². The van der Waals surface area contributed by atoms with Gasteiger partial charge in [0.05, 0.1) is 17.6 Å². The lowest BCUT2D eigenvalue weighted by molar-refractivity contribution is 0.510. The van der Waals surface area contributed by atoms with E-state index in [1.54, 1.807) is 6.20 Å². The van der Waals surface area contributed by atoms with Crippen LogP contribution in [0.2, 0.25) is 0 Å². The number of hydrogen-bond donors (Lipinski definition) is 1. The standard InChI is InChI=1S/C12H10F2N4S/c13-8-6-10-11(7-9(8)14)17-12(16-10)19-5-4-18-3-1-2-15-18/h1-3,6-7H,4-5H2,(H,16,17). The molecule has 7 heteroatoms. The second-order valence-electron chi connectivity index (χ2n) is 3.94. The van der Waals surface area contributed by atoms with Gasteiger partial charge in [0.25, 0.3) is 0 Å². The van der Waals surface area contributed by atoms with Crippen molar-refractivity contribution in [3.8, 4) is 0 Å². The second kappa shape index (κ2) is 5.00. The van der Waals surface area contributed by atoms with Gasteiger partial charge in [-0.15, -0.1) is 0 Å². The number of fused-ring (bicyclic) bond motifs is 1. The van der Waals surface area contributed by atoms with E-state index in [1.807, 2.05) is 16.9 Å². The Hall–Kier alpha value is -1.89. The predicted octanol–water partition coefficient (Wildman–Crippen LogP) is 2.83. The van der Waals surface area contributed by atoms with Crippen molar-refractivity contribution in [2.24, 2.45) is 0 Å². The molecule has 0 radical (unpaired) electrons. The molecule has 0 unspecified atom stereocenters. The number of halogens is 2. The zero-order chi connectivity index (χ0) is 13.2. The van der Waals surface area contributed by atoms with Crippen LogP contribution < -0.4 is 0 Å². The molecule has 0 amide bonds. The Morgan fingerprint density at radius 2 is 2.11 bits per heavy atom. The molecule has 1 N–H and O–H groups in total. The topological polar surface area (TPSA) is 46.5 Å². The van der Waals surface area contributed by atoms with E-state index in [-0.39, 0.29) is 0 Å². The zero-order valence-electron chi connectivity index (χ0n) is 9.81. The number of aromatic nitrogens is 4. The van der Waals surface area contributed by atoms with Crippen molar-refractivity contribution in [1.29, 1.82) is 0 Å². The Balaban J connectivity index is 1.71. The van der Waals surface area contributed by atoms with Crippen LogP contribution in [0.1, 0.15) is 0 Å². The van der Waals surface area contributed by atoms with Gasteiger partial charge in [-0.3, -0.25) is 4.68 Å². The molecule has 19 heavy (non-hydrogen) atoms. The number of benzene rings is 1. The summed E-state index contributed by atoms with van der Waals surface area (Å²) < 4.78 is 27.9. The first-order chi connectivity index (χ1) is 9.22. The average Bonchev–Trinajstić information content (AvgIpc) is 2.99. The minimum atomic E-state index is -0.882. The van der Waals surface area contributed by atoms with E-state index in [0.29, 0.717) is 16.2 Å². The highest BCUT2D eigenvalue weighted by Crippen LogP contribution is 2.21. The van der Waals surface area contributed by atoms with E-state index < -0.39 is 11.6 Å². The molecule has 2 heterocycles. The van der Waals surface area contributed by atoms with Crippen LogP contribution >= 0.6 is 11.8 Å². The predicted molar refractivity (Wildman–Crippen MR) is 69.0 cm³/mol. The van der Waals surface area contributed by atoms with E-state index in [2.05, 4.69) is 15.1 Å². The molecule has 98 valence electrons. The molecule has 0 aliphatic heterocycles. The third-order valence-corrected chi connectivity index (χ3v) is 3.47. The van der Waals surface area contributed by atoms with Crippen molar-refractivity contribution in [3.05, 3.63) is 42.2 Å². The van der Waals surface area contributed by atoms with Gasteiger partial charge in [0.15, 0.2) is 16.8 Å². The summed E-state index contributed by atoms with van der Waals surface area (Å²) in [5, 5.41) is 4.73. The quantitative estimate of drug-likeness (QED) is 0.747. The highest BCUT2D eigenvalue weighted by molar-refractivity contribution is 7.99. The number of H-pyrrole nitrogens is 1. The normalized spacial score (nSPS) is 11.3. The number of aromatic amines is 1. The molecule has 0 saturated carbocycles. The van der Waals surface area contributed by atoms with E-state index in [9.17, 15) is 8.78 Å². The Morgan fingerprint density at radius 1 is 1.26 bits per heavy atom. The van der Waals surface area contributed by atoms with E-state index in [1.165, 1.54) is 11.8 Å². The molecule has 3 rings (SSSR count). The number of hydrogen-bond acceptors (Lipinski definition) is 3. The van der Waals surface area contributed by atoms with E-state index >= 15 is 0 Å². The van der Waals surface area contributed by atoms with Crippen LogP contribution in [-0.2, 0) is 6.54 Å². The molecule has 1 aromatic carbocycles. The fourth-order valence-electron chi connectivity index (χ4n) is 1.72. The van der Waals surface area contributed by atoms with Gasteiger partial charge in [-0.05, 0) is 6.07 Å². The summed E-state index contributed by atoms with van der Waals surface area (Å²) in [6.45, 7) is 0.747. The summed E-state index contributed by atoms with van der Waals surface area (Å²) >= 11 is 1.48. The first-order valence-corrected chi connectivity index (χ1v) is 6.66. The molecule has 0 aliphatic rings. The summed E-state index contributed by atoms with van der Waals surface area (Å²) in [7, 11) is 0. The molecular formula is C12H10F2N4S. The first kappa shape index (κ1) is 12.2. The lowest BCUT2D eigenvalue weighted by Gasteiger charge is -1.98. The van der Waals surface area contributed by atoms with Crippen molar-refractivity contribution in [3.63, 3.8) is 0 Å². The SMILES string of the molecule is Fc1cc2nc(SCCn3cccn3)[nH]c2cc1F. The Labute approximate surface area is 111 Å². The summed E-state index contributed by atoms with van der Waals surface area (Å²) in [6.07, 6.45) is 3.60. The summed E-state index contributed by atoms with van der Waals surface area (Å²) in [6, 6.07) is 4.07. The fraction of sp³-hybridized carbons (Fsp3) is 0.167. The molecular weight excluding hydrogens is 270 g/mol. The van der Waals surface area contributed by atoms with Crippen molar-refractivity contribution in [2.45, 2.75) is 11.7 Å². The maximum atomic E-state index is 13.1. The molecule has 0 saturated heterocycles. The maximum Gasteiger partial charge on any atom is 0.166 e. The monoisotopic (exact) mass is 280 g/mol. The van der Waals surface area contributed by atoms with Gasteiger partial charge in [-0.1, -0.05) is 11.8 Å². The van der Waals surface area contributed by atoms with Crippen molar-refractivity contribution >= 4 is 22.8 Å². The lowest BCUT2D eigenvalue weighted by Crippen LogP contribution is -2.00. The smallest absolute Gasteiger partial charge is 0.166 e. The molecule has 2 aromatic heterocycles. The lowest BCUT2D eigenvalue weighted by atomic mass is 10.3. The number of imidazole rings is 1. The van der Waals surface area contributed by atoms with Crippen LogP contribution in [0.3, 0.4) is 0 Å². The van der Waals surface area contributed by atoms with Crippen LogP contribution in [0.4, 0.5) is 8.78 Å². The molecule has 3 aromatic rings. The van der Waals surface area contributed by atoms with Gasteiger partial charge in [0.1, 0.15) is 0 Å². The summed E-state index contributed by atoms with van der Waals surface area (Å²) in [5.41, 5.74) is 0.931. The number of nitrogens with one attached hydrogen (secondary N) is 1. The Bertz CT molecular complexity index is 654. The van der Waals surface area contributed by atoms with Crippen molar-refractivity contribution in [2.75, 3.05) is 5.75 Å². The maximum absolute atomic E-state index is 13.1. The number of aryl methyl sites for hydroxylation is 1. The fourth-order valence-corrected chi connectivity index (χ4v) is 2.54. The van der Waals surface area contributed by atoms with Crippen molar-refractivity contribution < 1.29 is 8.78 Å². The molecule has 0 bridgehead atoms. The minimum Gasteiger partial charge on any atom is -0.333 e. The van der Waals surface area contributed by atoms with Gasteiger partial charge in [-0.25, -0.2) is 13.8 Å². The van der Waals surface area contributed by atoms with Crippen LogP contribution in [0.25, 0.3) is 11.0 Å². The number of thioether (sulfide) groups is 1. The molecule has 0 spiro atoms. The van der Waals surface area contributed by atoms with E-state index in [4.69, 9.17) is 0 Å². The van der Waals surface area contributed by atoms with Crippen LogP contribution in [-0.4, -0.2) is 25.5 Å². The Morgan fingerprint density at radius 3 is 2.89 bits per heavy atom. The largest absolute Gasteiger partial charge is 0.333 e. The van der Waals surface area contributed by atoms with Crippen LogP contribution in [0.5, 0.6) is 0 Å². The third kappa shape index (κ3) is 2.60. The average molecular weight is 280 g/mol. The molecule has 0 atom stereocenters. The highest BCUT2D eigenvalue weighted by Gasteiger charge is 2.08. The van der Waals surface area contributed by atoms with Crippen molar-refractivity contribution in [1.82, 2.24) is 19.7 Å².